The normalized spacial score (nSPS) is 15.4. The van der Waals surface area contributed by atoms with Gasteiger partial charge in [-0.2, -0.15) is 0 Å². The minimum Gasteiger partial charge on any atom is -0.508 e. The maximum atomic E-state index is 10.5. The number of phenols is 1. The fourth-order valence-electron chi connectivity index (χ4n) is 2.86. The Balaban J connectivity index is 1.96. The van der Waals surface area contributed by atoms with Gasteiger partial charge in [-0.15, -0.1) is 6.58 Å². The molecule has 2 aromatic carbocycles. The molecule has 132 valence electrons. The summed E-state index contributed by atoms with van der Waals surface area (Å²) < 4.78 is 0. The van der Waals surface area contributed by atoms with Crippen molar-refractivity contribution in [2.75, 3.05) is 0 Å². The average Bonchev–Trinajstić information content (AvgIpc) is 2.63. The lowest BCUT2D eigenvalue weighted by Gasteiger charge is -2.25. The van der Waals surface area contributed by atoms with Crippen LogP contribution in [0.2, 0.25) is 0 Å². The Morgan fingerprint density at radius 1 is 1.04 bits per heavy atom. The molecule has 3 nitrogen and oxygen atoms in total. The summed E-state index contributed by atoms with van der Waals surface area (Å²) in [6.45, 7) is 5.78. The van der Waals surface area contributed by atoms with E-state index < -0.39 is 18.1 Å². The fraction of sp³-hybridized carbons (Fsp3) is 0.273. The van der Waals surface area contributed by atoms with E-state index in [1.165, 1.54) is 0 Å². The van der Waals surface area contributed by atoms with Gasteiger partial charge in [-0.25, -0.2) is 0 Å². The molecule has 2 aromatic rings. The molecule has 0 unspecified atom stereocenters. The van der Waals surface area contributed by atoms with Crippen LogP contribution in [-0.2, 0) is 0 Å². The molecule has 0 aliphatic carbocycles. The van der Waals surface area contributed by atoms with Gasteiger partial charge < -0.3 is 15.3 Å². The van der Waals surface area contributed by atoms with E-state index in [2.05, 4.69) is 6.58 Å². The SMILES string of the molecule is C=C[C@H]([C@H](O)CC/C(C)=C/c1ccc(O)cc1)[C@H](O)c1ccccc1. The third kappa shape index (κ3) is 5.59. The zero-order valence-electron chi connectivity index (χ0n) is 14.5. The van der Waals surface area contributed by atoms with E-state index in [0.29, 0.717) is 12.8 Å². The molecule has 0 radical (unpaired) electrons. The van der Waals surface area contributed by atoms with E-state index in [9.17, 15) is 15.3 Å². The number of benzene rings is 2. The topological polar surface area (TPSA) is 60.7 Å². The predicted octanol–water partition coefficient (Wildman–Crippen LogP) is 4.47. The maximum Gasteiger partial charge on any atom is 0.115 e. The lowest BCUT2D eigenvalue weighted by Crippen LogP contribution is -2.25. The van der Waals surface area contributed by atoms with Crippen LogP contribution in [0.15, 0.2) is 72.8 Å². The van der Waals surface area contributed by atoms with Crippen LogP contribution in [0.3, 0.4) is 0 Å². The number of aliphatic hydroxyl groups is 2. The van der Waals surface area contributed by atoms with Crippen LogP contribution in [0.5, 0.6) is 5.75 Å². The van der Waals surface area contributed by atoms with Crippen molar-refractivity contribution in [2.45, 2.75) is 32.0 Å². The molecular formula is C22H26O3. The van der Waals surface area contributed by atoms with Gasteiger partial charge in [-0.05, 0) is 43.0 Å². The van der Waals surface area contributed by atoms with Crippen LogP contribution in [0.25, 0.3) is 6.08 Å². The molecule has 3 N–H and O–H groups in total. The Morgan fingerprint density at radius 2 is 1.68 bits per heavy atom. The second-order valence-electron chi connectivity index (χ2n) is 6.36. The van der Waals surface area contributed by atoms with Crippen LogP contribution in [0.4, 0.5) is 0 Å². The Labute approximate surface area is 149 Å². The predicted molar refractivity (Wildman–Crippen MR) is 102 cm³/mol. The summed E-state index contributed by atoms with van der Waals surface area (Å²) in [6.07, 6.45) is 3.48. The first-order valence-electron chi connectivity index (χ1n) is 8.51. The maximum absolute atomic E-state index is 10.5. The van der Waals surface area contributed by atoms with Crippen molar-refractivity contribution in [1.29, 1.82) is 0 Å². The highest BCUT2D eigenvalue weighted by Gasteiger charge is 2.25. The highest BCUT2D eigenvalue weighted by atomic mass is 16.3. The van der Waals surface area contributed by atoms with Crippen LogP contribution < -0.4 is 0 Å². The van der Waals surface area contributed by atoms with E-state index in [0.717, 1.165) is 16.7 Å². The summed E-state index contributed by atoms with van der Waals surface area (Å²) in [7, 11) is 0. The summed E-state index contributed by atoms with van der Waals surface area (Å²) in [6, 6.07) is 16.3. The van der Waals surface area contributed by atoms with Gasteiger partial charge in [0.05, 0.1) is 12.2 Å². The van der Waals surface area contributed by atoms with Crippen LogP contribution in [0.1, 0.15) is 37.0 Å². The second kappa shape index (κ2) is 9.21. The molecule has 0 fully saturated rings. The van der Waals surface area contributed by atoms with Crippen molar-refractivity contribution < 1.29 is 15.3 Å². The first kappa shape index (κ1) is 19.0. The Kier molecular flexibility index (Phi) is 6.99. The highest BCUT2D eigenvalue weighted by molar-refractivity contribution is 5.53. The van der Waals surface area contributed by atoms with Gasteiger partial charge in [-0.1, -0.05) is 60.2 Å². The Bertz CT molecular complexity index is 689. The molecule has 0 amide bonds. The van der Waals surface area contributed by atoms with Crippen molar-refractivity contribution in [3.05, 3.63) is 84.0 Å². The monoisotopic (exact) mass is 338 g/mol. The van der Waals surface area contributed by atoms with Gasteiger partial charge in [-0.3, -0.25) is 0 Å². The number of phenolic OH excluding ortho intramolecular Hbond substituents is 1. The molecule has 25 heavy (non-hydrogen) atoms. The number of aromatic hydroxyl groups is 1. The number of rotatable bonds is 8. The largest absolute Gasteiger partial charge is 0.508 e. The molecule has 0 aliphatic heterocycles. The van der Waals surface area contributed by atoms with Gasteiger partial charge in [0.1, 0.15) is 5.75 Å². The third-order valence-corrected chi connectivity index (χ3v) is 4.36. The van der Waals surface area contributed by atoms with Gasteiger partial charge in [0, 0.05) is 5.92 Å². The zero-order chi connectivity index (χ0) is 18.2. The molecule has 2 rings (SSSR count). The molecule has 3 heteroatoms. The minimum atomic E-state index is -0.768. The molecule has 0 bridgehead atoms. The Hall–Kier alpha value is -2.36. The third-order valence-electron chi connectivity index (χ3n) is 4.36. The molecule has 0 heterocycles. The summed E-state index contributed by atoms with van der Waals surface area (Å²) in [5.41, 5.74) is 2.92. The van der Waals surface area contributed by atoms with Crippen LogP contribution in [0, 0.1) is 5.92 Å². The first-order chi connectivity index (χ1) is 12.0. The molecule has 0 aromatic heterocycles. The van der Waals surface area contributed by atoms with Crippen LogP contribution >= 0.6 is 0 Å². The van der Waals surface area contributed by atoms with E-state index >= 15 is 0 Å². The van der Waals surface area contributed by atoms with Crippen molar-refractivity contribution in [1.82, 2.24) is 0 Å². The van der Waals surface area contributed by atoms with Crippen molar-refractivity contribution in [2.24, 2.45) is 5.92 Å². The van der Waals surface area contributed by atoms with Gasteiger partial charge in [0.2, 0.25) is 0 Å². The van der Waals surface area contributed by atoms with Crippen molar-refractivity contribution >= 4 is 6.08 Å². The van der Waals surface area contributed by atoms with Gasteiger partial charge >= 0.3 is 0 Å². The standard InChI is InChI=1S/C22H26O3/c1-3-20(22(25)18-7-5-4-6-8-18)21(24)14-9-16(2)15-17-10-12-19(23)13-11-17/h3-8,10-13,15,20-25H,1,9,14H2,2H3/b16-15+/t20-,21-,22-/m1/s1. The number of hydrogen-bond acceptors (Lipinski definition) is 3. The first-order valence-corrected chi connectivity index (χ1v) is 8.51. The quantitative estimate of drug-likeness (QED) is 0.622. The van der Waals surface area contributed by atoms with Crippen LogP contribution in [-0.4, -0.2) is 21.4 Å². The van der Waals surface area contributed by atoms with Crippen molar-refractivity contribution in [3.63, 3.8) is 0 Å². The van der Waals surface area contributed by atoms with E-state index in [4.69, 9.17) is 0 Å². The van der Waals surface area contributed by atoms with Gasteiger partial charge in [0.15, 0.2) is 0 Å². The van der Waals surface area contributed by atoms with E-state index in [1.807, 2.05) is 55.5 Å². The second-order valence-corrected chi connectivity index (χ2v) is 6.36. The number of hydrogen-bond donors (Lipinski definition) is 3. The summed E-state index contributed by atoms with van der Waals surface area (Å²) in [5, 5.41) is 30.3. The highest BCUT2D eigenvalue weighted by Crippen LogP contribution is 2.28. The number of allylic oxidation sites excluding steroid dienone is 1. The summed E-state index contributed by atoms with van der Waals surface area (Å²) in [4.78, 5) is 0. The summed E-state index contributed by atoms with van der Waals surface area (Å²) >= 11 is 0. The fourth-order valence-corrected chi connectivity index (χ4v) is 2.86. The summed E-state index contributed by atoms with van der Waals surface area (Å²) in [5.74, 6) is -0.169. The molecule has 0 spiro atoms. The molecule has 3 atom stereocenters. The molecular weight excluding hydrogens is 312 g/mol. The zero-order valence-corrected chi connectivity index (χ0v) is 14.5. The molecule has 0 saturated carbocycles. The smallest absolute Gasteiger partial charge is 0.115 e. The lowest BCUT2D eigenvalue weighted by atomic mass is 9.88. The molecule has 0 aliphatic rings. The Morgan fingerprint density at radius 3 is 2.28 bits per heavy atom. The van der Waals surface area contributed by atoms with Gasteiger partial charge in [0.25, 0.3) is 0 Å². The van der Waals surface area contributed by atoms with E-state index in [-0.39, 0.29) is 5.75 Å². The number of aliphatic hydroxyl groups excluding tert-OH is 2. The molecule has 0 saturated heterocycles. The van der Waals surface area contributed by atoms with E-state index in [1.54, 1.807) is 18.2 Å². The average molecular weight is 338 g/mol. The lowest BCUT2D eigenvalue weighted by molar-refractivity contribution is 0.0319. The minimum absolute atomic E-state index is 0.244. The van der Waals surface area contributed by atoms with Crippen molar-refractivity contribution in [3.8, 4) is 5.75 Å².